The number of halogens is 1. The van der Waals surface area contributed by atoms with Crippen molar-refractivity contribution in [3.05, 3.63) is 0 Å². The number of ether oxygens (including phenoxy) is 2. The molecule has 1 amide bonds. The van der Waals surface area contributed by atoms with Gasteiger partial charge in [0.1, 0.15) is 6.04 Å². The molecule has 0 bridgehead atoms. The molecule has 2 heterocycles. The zero-order valence-corrected chi connectivity index (χ0v) is 12.3. The van der Waals surface area contributed by atoms with Crippen LogP contribution in [-0.4, -0.2) is 50.5 Å². The summed E-state index contributed by atoms with van der Waals surface area (Å²) >= 11 is 0. The lowest BCUT2D eigenvalue weighted by molar-refractivity contribution is -0.141. The Balaban J connectivity index is 0.00000133. The lowest BCUT2D eigenvalue weighted by atomic mass is 9.57. The van der Waals surface area contributed by atoms with Crippen LogP contribution < -0.4 is 10.6 Å². The Morgan fingerprint density at radius 3 is 2.84 bits per heavy atom. The van der Waals surface area contributed by atoms with Crippen molar-refractivity contribution < 1.29 is 14.3 Å². The summed E-state index contributed by atoms with van der Waals surface area (Å²) in [5.74, 6) is 0.562. The number of carbonyl (C=O) groups excluding carboxylic acids is 1. The van der Waals surface area contributed by atoms with Crippen molar-refractivity contribution in [1.82, 2.24) is 10.6 Å². The van der Waals surface area contributed by atoms with Gasteiger partial charge in [-0.25, -0.2) is 0 Å². The maximum atomic E-state index is 12.2. The molecular formula is C13H23ClN2O3. The summed E-state index contributed by atoms with van der Waals surface area (Å²) < 4.78 is 11.1. The van der Waals surface area contributed by atoms with Crippen molar-refractivity contribution in [2.24, 2.45) is 11.3 Å². The molecule has 4 atom stereocenters. The Morgan fingerprint density at radius 1 is 1.37 bits per heavy atom. The van der Waals surface area contributed by atoms with Gasteiger partial charge in [0.2, 0.25) is 5.91 Å². The molecule has 2 N–H and O–H groups in total. The number of amides is 1. The lowest BCUT2D eigenvalue weighted by Crippen LogP contribution is -2.68. The quantitative estimate of drug-likeness (QED) is 0.769. The molecule has 2 aliphatic heterocycles. The van der Waals surface area contributed by atoms with Crippen LogP contribution in [0.5, 0.6) is 0 Å². The largest absolute Gasteiger partial charge is 0.378 e. The zero-order valence-electron chi connectivity index (χ0n) is 11.5. The highest BCUT2D eigenvalue weighted by Gasteiger charge is 2.59. The first-order valence-corrected chi connectivity index (χ1v) is 6.84. The molecule has 3 fully saturated rings. The van der Waals surface area contributed by atoms with E-state index < -0.39 is 0 Å². The summed E-state index contributed by atoms with van der Waals surface area (Å²) in [6, 6.07) is 0.0390. The molecule has 1 saturated carbocycles. The van der Waals surface area contributed by atoms with E-state index in [1.54, 1.807) is 0 Å². The second-order valence-electron chi connectivity index (χ2n) is 6.13. The predicted molar refractivity (Wildman–Crippen MR) is 73.4 cm³/mol. The van der Waals surface area contributed by atoms with Gasteiger partial charge in [-0.2, -0.15) is 0 Å². The minimum atomic E-state index is -0.198. The number of carbonyl (C=O) groups is 1. The van der Waals surface area contributed by atoms with E-state index in [2.05, 4.69) is 24.5 Å². The standard InChI is InChI=1S/C13H22N2O3.ClH/c1-13(2)10(8-3-5-18-11(8)13)15-12(16)9-7-17-6-4-14-9;/h8-11,14H,3-7H2,1-2H3,(H,15,16);1H. The highest BCUT2D eigenvalue weighted by Crippen LogP contribution is 2.52. The lowest BCUT2D eigenvalue weighted by Gasteiger charge is -2.54. The molecule has 5 nitrogen and oxygen atoms in total. The van der Waals surface area contributed by atoms with Crippen LogP contribution in [0.2, 0.25) is 0 Å². The molecule has 110 valence electrons. The Kier molecular flexibility index (Phi) is 4.40. The first-order chi connectivity index (χ1) is 8.60. The maximum absolute atomic E-state index is 12.2. The number of hydrogen-bond acceptors (Lipinski definition) is 4. The Labute approximate surface area is 120 Å². The topological polar surface area (TPSA) is 59.6 Å². The van der Waals surface area contributed by atoms with Gasteiger partial charge in [0, 0.05) is 30.5 Å². The van der Waals surface area contributed by atoms with Crippen molar-refractivity contribution in [2.75, 3.05) is 26.4 Å². The molecule has 0 aromatic rings. The van der Waals surface area contributed by atoms with Gasteiger partial charge in [-0.3, -0.25) is 4.79 Å². The molecule has 2 saturated heterocycles. The number of hydrogen-bond donors (Lipinski definition) is 2. The summed E-state index contributed by atoms with van der Waals surface area (Å²) in [6.45, 7) is 7.10. The van der Waals surface area contributed by atoms with Crippen LogP contribution in [0, 0.1) is 11.3 Å². The number of morpholine rings is 1. The highest BCUT2D eigenvalue weighted by atomic mass is 35.5. The minimum absolute atomic E-state index is 0. The second-order valence-corrected chi connectivity index (χ2v) is 6.13. The highest BCUT2D eigenvalue weighted by molar-refractivity contribution is 5.85. The van der Waals surface area contributed by atoms with Crippen LogP contribution in [0.1, 0.15) is 20.3 Å². The number of fused-ring (bicyclic) bond motifs is 1. The van der Waals surface area contributed by atoms with E-state index in [0.717, 1.165) is 19.6 Å². The SMILES string of the molecule is CC1(C)C(NC(=O)C2COCCN2)C2CCOC21.Cl. The van der Waals surface area contributed by atoms with Crippen LogP contribution >= 0.6 is 12.4 Å². The van der Waals surface area contributed by atoms with Gasteiger partial charge in [-0.15, -0.1) is 12.4 Å². The molecule has 4 unspecified atom stereocenters. The summed E-state index contributed by atoms with van der Waals surface area (Å²) in [4.78, 5) is 12.2. The van der Waals surface area contributed by atoms with E-state index >= 15 is 0 Å². The molecular weight excluding hydrogens is 268 g/mol. The van der Waals surface area contributed by atoms with Gasteiger partial charge in [-0.05, 0) is 6.42 Å². The molecule has 6 heteroatoms. The summed E-state index contributed by atoms with van der Waals surface area (Å²) in [7, 11) is 0. The molecule has 3 aliphatic rings. The molecule has 1 aliphatic carbocycles. The van der Waals surface area contributed by atoms with Gasteiger partial charge in [0.05, 0.1) is 19.3 Å². The molecule has 0 aromatic carbocycles. The van der Waals surface area contributed by atoms with Crippen molar-refractivity contribution in [3.8, 4) is 0 Å². The summed E-state index contributed by atoms with van der Waals surface area (Å²) in [5, 5.41) is 6.38. The third kappa shape index (κ3) is 2.49. The Morgan fingerprint density at radius 2 is 2.16 bits per heavy atom. The van der Waals surface area contributed by atoms with E-state index in [0.29, 0.717) is 25.2 Å². The first kappa shape index (κ1) is 15.0. The predicted octanol–water partition coefficient (Wildman–Crippen LogP) is 0.326. The Bertz CT molecular complexity index is 345. The fraction of sp³-hybridized carbons (Fsp3) is 0.923. The molecule has 0 spiro atoms. The van der Waals surface area contributed by atoms with Crippen LogP contribution in [-0.2, 0) is 14.3 Å². The average Bonchev–Trinajstić information content (AvgIpc) is 2.83. The van der Waals surface area contributed by atoms with E-state index in [1.807, 2.05) is 0 Å². The summed E-state index contributed by atoms with van der Waals surface area (Å²) in [6.07, 6.45) is 1.38. The Hall–Kier alpha value is -0.360. The second kappa shape index (κ2) is 5.56. The number of rotatable bonds is 2. The third-order valence-electron chi connectivity index (χ3n) is 4.64. The van der Waals surface area contributed by atoms with Gasteiger partial charge in [0.25, 0.3) is 0 Å². The van der Waals surface area contributed by atoms with E-state index in [1.165, 1.54) is 0 Å². The van der Waals surface area contributed by atoms with E-state index in [4.69, 9.17) is 9.47 Å². The normalized spacial score (nSPS) is 39.7. The fourth-order valence-corrected chi connectivity index (χ4v) is 3.60. The van der Waals surface area contributed by atoms with Crippen molar-refractivity contribution in [3.63, 3.8) is 0 Å². The van der Waals surface area contributed by atoms with Gasteiger partial charge < -0.3 is 20.1 Å². The minimum Gasteiger partial charge on any atom is -0.378 e. The van der Waals surface area contributed by atoms with Crippen molar-refractivity contribution >= 4 is 18.3 Å². The summed E-state index contributed by atoms with van der Waals surface area (Å²) in [5.41, 5.74) is 0.0480. The molecule has 0 radical (unpaired) electrons. The molecule has 0 aromatic heterocycles. The number of nitrogens with one attached hydrogen (secondary N) is 2. The van der Waals surface area contributed by atoms with Crippen molar-refractivity contribution in [1.29, 1.82) is 0 Å². The monoisotopic (exact) mass is 290 g/mol. The fourth-order valence-electron chi connectivity index (χ4n) is 3.60. The first-order valence-electron chi connectivity index (χ1n) is 6.84. The maximum Gasteiger partial charge on any atom is 0.239 e. The van der Waals surface area contributed by atoms with Crippen LogP contribution in [0.4, 0.5) is 0 Å². The molecule has 19 heavy (non-hydrogen) atoms. The van der Waals surface area contributed by atoms with Gasteiger partial charge in [0.15, 0.2) is 0 Å². The van der Waals surface area contributed by atoms with E-state index in [9.17, 15) is 4.79 Å². The van der Waals surface area contributed by atoms with Crippen LogP contribution in [0.25, 0.3) is 0 Å². The third-order valence-corrected chi connectivity index (χ3v) is 4.64. The molecule has 3 rings (SSSR count). The van der Waals surface area contributed by atoms with Crippen LogP contribution in [0.15, 0.2) is 0 Å². The van der Waals surface area contributed by atoms with Gasteiger partial charge in [-0.1, -0.05) is 13.8 Å². The average molecular weight is 291 g/mol. The smallest absolute Gasteiger partial charge is 0.239 e. The van der Waals surface area contributed by atoms with Gasteiger partial charge >= 0.3 is 0 Å². The zero-order chi connectivity index (χ0) is 12.8. The van der Waals surface area contributed by atoms with Crippen molar-refractivity contribution in [2.45, 2.75) is 38.5 Å². The van der Waals surface area contributed by atoms with E-state index in [-0.39, 0.29) is 35.8 Å². The van der Waals surface area contributed by atoms with Crippen LogP contribution in [0.3, 0.4) is 0 Å².